The van der Waals surface area contributed by atoms with Crippen molar-refractivity contribution in [3.05, 3.63) is 164 Å². The van der Waals surface area contributed by atoms with Crippen LogP contribution in [-0.4, -0.2) is 23.5 Å². The summed E-state index contributed by atoms with van der Waals surface area (Å²) < 4.78 is 13.9. The summed E-state index contributed by atoms with van der Waals surface area (Å²) in [4.78, 5) is 11.0. The highest BCUT2D eigenvalue weighted by Crippen LogP contribution is 2.48. The van der Waals surface area contributed by atoms with Crippen LogP contribution in [0.1, 0.15) is 0 Å². The highest BCUT2D eigenvalue weighted by atomic mass is 16.3. The Kier molecular flexibility index (Phi) is 5.18. The van der Waals surface area contributed by atoms with E-state index in [0.29, 0.717) is 17.3 Å². The van der Waals surface area contributed by atoms with E-state index in [1.54, 1.807) is 0 Å². The van der Waals surface area contributed by atoms with E-state index in [0.717, 1.165) is 54.7 Å². The Morgan fingerprint density at radius 3 is 1.68 bits per heavy atom. The van der Waals surface area contributed by atoms with Crippen LogP contribution in [-0.2, 0) is 0 Å². The van der Waals surface area contributed by atoms with Gasteiger partial charge in [-0.25, -0.2) is 4.98 Å². The predicted octanol–water partition coefficient (Wildman–Crippen LogP) is 12.9. The fraction of sp³-hybridized carbons (Fsp3) is 0. The summed E-state index contributed by atoms with van der Waals surface area (Å²) in [5.74, 6) is 1.31. The van der Waals surface area contributed by atoms with Gasteiger partial charge in [-0.1, -0.05) is 115 Å². The second-order valence-corrected chi connectivity index (χ2v) is 14.9. The Labute approximate surface area is 317 Å². The average Bonchev–Trinajstić information content (AvgIpc) is 4.05. The van der Waals surface area contributed by atoms with Crippen LogP contribution in [0.15, 0.2) is 168 Å². The van der Waals surface area contributed by atoms with Crippen molar-refractivity contribution in [2.24, 2.45) is 0 Å². The molecule has 6 nitrogen and oxygen atoms in total. The Hall–Kier alpha value is -7.70. The molecule has 56 heavy (non-hydrogen) atoms. The molecule has 0 spiro atoms. The minimum atomic E-state index is 0.597. The third kappa shape index (κ3) is 3.39. The first-order valence-corrected chi connectivity index (χ1v) is 19.0. The van der Waals surface area contributed by atoms with Crippen molar-refractivity contribution >= 4 is 115 Å². The molecule has 14 aromatic rings. The SMILES string of the molecule is c1ccc2c(c1)ccc1c2c2c3c(cc4c5ccccc5n1c42)c1ccccc1n3-c1nc(-n2c3ccccc3c3ccccc32)nc2c1oc1ccccc12. The van der Waals surface area contributed by atoms with Crippen LogP contribution in [0.5, 0.6) is 0 Å². The summed E-state index contributed by atoms with van der Waals surface area (Å²) >= 11 is 0. The molecule has 8 aromatic carbocycles. The van der Waals surface area contributed by atoms with Gasteiger partial charge in [0.2, 0.25) is 5.95 Å². The first-order valence-electron chi connectivity index (χ1n) is 19.0. The van der Waals surface area contributed by atoms with E-state index < -0.39 is 0 Å². The molecule has 0 aliphatic rings. The number of hydrogen-bond acceptors (Lipinski definition) is 3. The van der Waals surface area contributed by atoms with Crippen LogP contribution < -0.4 is 0 Å². The molecule has 0 bridgehead atoms. The summed E-state index contributed by atoms with van der Waals surface area (Å²) in [6.45, 7) is 0. The third-order valence-electron chi connectivity index (χ3n) is 12.2. The minimum Gasteiger partial charge on any atom is -0.450 e. The maximum Gasteiger partial charge on any atom is 0.237 e. The van der Waals surface area contributed by atoms with Crippen molar-refractivity contribution < 1.29 is 4.42 Å². The monoisotopic (exact) mass is 713 g/mol. The second kappa shape index (κ2) is 10.1. The van der Waals surface area contributed by atoms with Gasteiger partial charge in [0.05, 0.1) is 38.6 Å². The molecular weight excluding hydrogens is 687 g/mol. The van der Waals surface area contributed by atoms with E-state index in [1.165, 1.54) is 54.3 Å². The van der Waals surface area contributed by atoms with Gasteiger partial charge < -0.3 is 8.82 Å². The molecule has 6 heteroatoms. The fourth-order valence-corrected chi connectivity index (χ4v) is 9.94. The smallest absolute Gasteiger partial charge is 0.237 e. The molecule has 6 heterocycles. The Morgan fingerprint density at radius 1 is 0.393 bits per heavy atom. The van der Waals surface area contributed by atoms with Gasteiger partial charge in [0, 0.05) is 48.5 Å². The van der Waals surface area contributed by atoms with Gasteiger partial charge in [-0.3, -0.25) is 9.13 Å². The van der Waals surface area contributed by atoms with Gasteiger partial charge in [-0.05, 0) is 59.3 Å². The number of furan rings is 1. The van der Waals surface area contributed by atoms with E-state index in [-0.39, 0.29) is 0 Å². The highest BCUT2D eigenvalue weighted by molar-refractivity contribution is 6.37. The number of nitrogens with zero attached hydrogens (tertiary/aromatic N) is 5. The summed E-state index contributed by atoms with van der Waals surface area (Å²) in [6.07, 6.45) is 0. The lowest BCUT2D eigenvalue weighted by Gasteiger charge is -2.12. The lowest BCUT2D eigenvalue weighted by molar-refractivity contribution is 0.661. The van der Waals surface area contributed by atoms with E-state index >= 15 is 0 Å². The summed E-state index contributed by atoms with van der Waals surface area (Å²) in [5.41, 5.74) is 10.1. The Balaban J connectivity index is 1.26. The van der Waals surface area contributed by atoms with Crippen molar-refractivity contribution in [2.45, 2.75) is 0 Å². The maximum atomic E-state index is 6.85. The van der Waals surface area contributed by atoms with Crippen LogP contribution in [0.25, 0.3) is 126 Å². The van der Waals surface area contributed by atoms with Crippen LogP contribution in [0, 0.1) is 0 Å². The van der Waals surface area contributed by atoms with Crippen molar-refractivity contribution in [3.8, 4) is 11.8 Å². The molecule has 6 aromatic heterocycles. The topological polar surface area (TPSA) is 53.2 Å². The lowest BCUT2D eigenvalue weighted by atomic mass is 9.99. The normalized spacial score (nSPS) is 12.6. The molecule has 0 saturated heterocycles. The van der Waals surface area contributed by atoms with Gasteiger partial charge in [0.15, 0.2) is 11.4 Å². The van der Waals surface area contributed by atoms with Crippen LogP contribution in [0.2, 0.25) is 0 Å². The fourth-order valence-electron chi connectivity index (χ4n) is 9.94. The first-order chi connectivity index (χ1) is 27.8. The second-order valence-electron chi connectivity index (χ2n) is 14.9. The van der Waals surface area contributed by atoms with E-state index in [4.69, 9.17) is 14.4 Å². The highest BCUT2D eigenvalue weighted by Gasteiger charge is 2.28. The van der Waals surface area contributed by atoms with Gasteiger partial charge in [-0.2, -0.15) is 4.98 Å². The molecule has 0 saturated carbocycles. The van der Waals surface area contributed by atoms with E-state index in [9.17, 15) is 0 Å². The largest absolute Gasteiger partial charge is 0.450 e. The first kappa shape index (κ1) is 28.8. The molecule has 0 N–H and O–H groups in total. The molecule has 0 fully saturated rings. The van der Waals surface area contributed by atoms with Crippen LogP contribution >= 0.6 is 0 Å². The molecule has 0 amide bonds. The van der Waals surface area contributed by atoms with Gasteiger partial charge in [0.1, 0.15) is 11.1 Å². The number of rotatable bonds is 2. The molecular formula is C50H27N5O. The summed E-state index contributed by atoms with van der Waals surface area (Å²) in [5, 5.41) is 13.0. The summed E-state index contributed by atoms with van der Waals surface area (Å²) in [7, 11) is 0. The number of fused-ring (bicyclic) bond motifs is 18. The van der Waals surface area contributed by atoms with E-state index in [1.807, 2.05) is 12.1 Å². The number of para-hydroxylation sites is 5. The molecule has 258 valence electrons. The standard InChI is InChI=1S/C50H27N5O/c1-2-14-29-28(13-1)25-26-41-43(29)44-46-35(32-17-5-8-20-37(32)53(41)46)27-36-33-18-6-11-23-40(33)55(47(36)44)49-48-45(34-19-7-12-24-42(34)56-48)51-50(52-49)54-38-21-9-3-15-30(38)31-16-4-10-22-39(31)54/h1-27H. The van der Waals surface area contributed by atoms with Gasteiger partial charge >= 0.3 is 0 Å². The van der Waals surface area contributed by atoms with Gasteiger partial charge in [0.25, 0.3) is 0 Å². The van der Waals surface area contributed by atoms with E-state index in [2.05, 4.69) is 165 Å². The number of benzene rings is 8. The van der Waals surface area contributed by atoms with Crippen molar-refractivity contribution in [1.82, 2.24) is 23.5 Å². The Bertz CT molecular complexity index is 3960. The summed E-state index contributed by atoms with van der Waals surface area (Å²) in [6, 6.07) is 58.5. The number of hydrogen-bond donors (Lipinski definition) is 0. The molecule has 0 unspecified atom stereocenters. The third-order valence-corrected chi connectivity index (χ3v) is 12.2. The zero-order chi connectivity index (χ0) is 36.2. The molecule has 0 atom stereocenters. The van der Waals surface area contributed by atoms with Crippen LogP contribution in [0.3, 0.4) is 0 Å². The number of aromatic nitrogens is 5. The predicted molar refractivity (Wildman–Crippen MR) is 230 cm³/mol. The maximum absolute atomic E-state index is 6.85. The lowest BCUT2D eigenvalue weighted by Crippen LogP contribution is -2.06. The van der Waals surface area contributed by atoms with Crippen molar-refractivity contribution in [3.63, 3.8) is 0 Å². The zero-order valence-corrected chi connectivity index (χ0v) is 29.7. The average molecular weight is 714 g/mol. The Morgan fingerprint density at radius 2 is 0.946 bits per heavy atom. The molecule has 0 aliphatic carbocycles. The molecule has 14 rings (SSSR count). The quantitative estimate of drug-likeness (QED) is 0.179. The minimum absolute atomic E-state index is 0.597. The van der Waals surface area contributed by atoms with Gasteiger partial charge in [-0.15, -0.1) is 0 Å². The van der Waals surface area contributed by atoms with Crippen LogP contribution in [0.4, 0.5) is 0 Å². The van der Waals surface area contributed by atoms with Crippen molar-refractivity contribution in [2.75, 3.05) is 0 Å². The molecule has 0 aliphatic heterocycles. The molecule has 0 radical (unpaired) electrons. The zero-order valence-electron chi connectivity index (χ0n) is 29.7. The van der Waals surface area contributed by atoms with Crippen molar-refractivity contribution in [1.29, 1.82) is 0 Å².